The molecule has 2 rings (SSSR count). The highest BCUT2D eigenvalue weighted by atomic mass is 16.6. The zero-order valence-electron chi connectivity index (χ0n) is 16.4. The highest BCUT2D eigenvalue weighted by Crippen LogP contribution is 2.35. The summed E-state index contributed by atoms with van der Waals surface area (Å²) in [6.07, 6.45) is 3.49. The predicted octanol–water partition coefficient (Wildman–Crippen LogP) is 3.38. The van der Waals surface area contributed by atoms with Gasteiger partial charge in [-0.1, -0.05) is 20.8 Å². The van der Waals surface area contributed by atoms with Crippen LogP contribution in [-0.4, -0.2) is 67.4 Å². The summed E-state index contributed by atoms with van der Waals surface area (Å²) < 4.78 is 11.8. The Morgan fingerprint density at radius 2 is 1.83 bits per heavy atom. The number of hydrogen-bond acceptors (Lipinski definition) is 4. The van der Waals surface area contributed by atoms with Crippen molar-refractivity contribution in [3.05, 3.63) is 0 Å². The molecule has 3 atom stereocenters. The van der Waals surface area contributed by atoms with Gasteiger partial charge in [0.15, 0.2) is 0 Å². The van der Waals surface area contributed by atoms with E-state index in [2.05, 4.69) is 46.6 Å². The molecule has 5 nitrogen and oxygen atoms in total. The molecular formula is C19H36N2O3. The molecule has 0 radical (unpaired) electrons. The van der Waals surface area contributed by atoms with Crippen molar-refractivity contribution in [1.82, 2.24) is 9.80 Å². The molecule has 5 heteroatoms. The first-order valence-electron chi connectivity index (χ1n) is 9.46. The molecule has 2 heterocycles. The van der Waals surface area contributed by atoms with Crippen molar-refractivity contribution in [2.75, 3.05) is 33.3 Å². The Labute approximate surface area is 147 Å². The Kier molecular flexibility index (Phi) is 6.54. The summed E-state index contributed by atoms with van der Waals surface area (Å²) in [5.41, 5.74) is 0.0876. The summed E-state index contributed by atoms with van der Waals surface area (Å²) in [6.45, 7) is 14.1. The van der Waals surface area contributed by atoms with Crippen LogP contribution in [0.4, 0.5) is 4.79 Å². The topological polar surface area (TPSA) is 42.0 Å². The molecule has 24 heavy (non-hydrogen) atoms. The van der Waals surface area contributed by atoms with Crippen LogP contribution in [0.1, 0.15) is 53.9 Å². The number of hydrogen-bond donors (Lipinski definition) is 0. The lowest BCUT2D eigenvalue weighted by Crippen LogP contribution is -2.46. The average molecular weight is 341 g/mol. The number of rotatable bonds is 5. The van der Waals surface area contributed by atoms with Crippen molar-refractivity contribution in [2.24, 2.45) is 11.3 Å². The van der Waals surface area contributed by atoms with Gasteiger partial charge in [-0.3, -0.25) is 0 Å². The molecule has 2 aliphatic heterocycles. The van der Waals surface area contributed by atoms with Gasteiger partial charge in [0.25, 0.3) is 0 Å². The first kappa shape index (κ1) is 19.5. The fourth-order valence-electron chi connectivity index (χ4n) is 3.96. The van der Waals surface area contributed by atoms with Gasteiger partial charge in [0.1, 0.15) is 0 Å². The van der Waals surface area contributed by atoms with Crippen molar-refractivity contribution < 1.29 is 14.3 Å². The van der Waals surface area contributed by atoms with Gasteiger partial charge in [-0.15, -0.1) is 0 Å². The number of carbonyl (C=O) groups excluding carboxylic acids is 1. The van der Waals surface area contributed by atoms with E-state index in [4.69, 9.17) is 9.47 Å². The summed E-state index contributed by atoms with van der Waals surface area (Å²) in [4.78, 5) is 16.3. The molecule has 0 N–H and O–H groups in total. The van der Waals surface area contributed by atoms with Crippen molar-refractivity contribution in [2.45, 2.75) is 72.1 Å². The van der Waals surface area contributed by atoms with E-state index in [9.17, 15) is 4.79 Å². The Morgan fingerprint density at radius 1 is 1.21 bits per heavy atom. The third-order valence-electron chi connectivity index (χ3n) is 5.12. The number of nitrogens with zero attached hydrogens (tertiary/aromatic N) is 2. The minimum Gasteiger partial charge on any atom is -0.449 e. The van der Waals surface area contributed by atoms with E-state index in [-0.39, 0.29) is 23.7 Å². The summed E-state index contributed by atoms with van der Waals surface area (Å²) in [6, 6.07) is 0.378. The summed E-state index contributed by atoms with van der Waals surface area (Å²) in [5, 5.41) is 0. The molecule has 2 aliphatic rings. The van der Waals surface area contributed by atoms with Gasteiger partial charge in [-0.25, -0.2) is 4.79 Å². The quantitative estimate of drug-likeness (QED) is 0.769. The van der Waals surface area contributed by atoms with Crippen LogP contribution in [0.15, 0.2) is 0 Å². The van der Waals surface area contributed by atoms with E-state index >= 15 is 0 Å². The SMILES string of the molecule is CC(C)OC([C@@H]1C[C@H](COC(=O)N2CCCC2)CN1C)C(C)(C)C. The Hall–Kier alpha value is -0.810. The van der Waals surface area contributed by atoms with E-state index in [0.717, 1.165) is 38.9 Å². The lowest BCUT2D eigenvalue weighted by atomic mass is 9.82. The maximum absolute atomic E-state index is 12.1. The number of likely N-dealkylation sites (N-methyl/N-ethyl adjacent to an activating group) is 1. The zero-order chi connectivity index (χ0) is 17.9. The molecular weight excluding hydrogens is 304 g/mol. The highest BCUT2D eigenvalue weighted by Gasteiger charge is 2.41. The van der Waals surface area contributed by atoms with Crippen LogP contribution in [0.25, 0.3) is 0 Å². The Morgan fingerprint density at radius 3 is 2.38 bits per heavy atom. The van der Waals surface area contributed by atoms with E-state index in [1.165, 1.54) is 0 Å². The average Bonchev–Trinajstić information content (AvgIpc) is 3.10. The summed E-state index contributed by atoms with van der Waals surface area (Å²) >= 11 is 0. The van der Waals surface area contributed by atoms with Gasteiger partial charge in [-0.2, -0.15) is 0 Å². The number of amides is 1. The van der Waals surface area contributed by atoms with Gasteiger partial charge in [0, 0.05) is 31.6 Å². The lowest BCUT2D eigenvalue weighted by molar-refractivity contribution is -0.0865. The van der Waals surface area contributed by atoms with Crippen molar-refractivity contribution in [3.63, 3.8) is 0 Å². The summed E-state index contributed by atoms with van der Waals surface area (Å²) in [5.74, 6) is 0.396. The zero-order valence-corrected chi connectivity index (χ0v) is 16.4. The predicted molar refractivity (Wildman–Crippen MR) is 96.1 cm³/mol. The molecule has 0 saturated carbocycles. The molecule has 140 valence electrons. The molecule has 0 aromatic rings. The smallest absolute Gasteiger partial charge is 0.409 e. The van der Waals surface area contributed by atoms with Gasteiger partial charge in [0.2, 0.25) is 0 Å². The van der Waals surface area contributed by atoms with Crippen molar-refractivity contribution >= 4 is 6.09 Å². The van der Waals surface area contributed by atoms with E-state index in [0.29, 0.717) is 18.6 Å². The second kappa shape index (κ2) is 8.05. The van der Waals surface area contributed by atoms with Gasteiger partial charge in [0.05, 0.1) is 18.8 Å². The summed E-state index contributed by atoms with van der Waals surface area (Å²) in [7, 11) is 2.16. The second-order valence-electron chi connectivity index (χ2n) is 8.85. The van der Waals surface area contributed by atoms with Crippen molar-refractivity contribution in [3.8, 4) is 0 Å². The van der Waals surface area contributed by atoms with Gasteiger partial charge < -0.3 is 19.3 Å². The second-order valence-corrected chi connectivity index (χ2v) is 8.85. The fourth-order valence-corrected chi connectivity index (χ4v) is 3.96. The Bertz CT molecular complexity index is 413. The molecule has 2 fully saturated rings. The van der Waals surface area contributed by atoms with Gasteiger partial charge in [-0.05, 0) is 45.6 Å². The van der Waals surface area contributed by atoms with Crippen LogP contribution >= 0.6 is 0 Å². The molecule has 1 unspecified atom stereocenters. The molecule has 0 aromatic heterocycles. The maximum atomic E-state index is 12.1. The lowest BCUT2D eigenvalue weighted by Gasteiger charge is -2.39. The molecule has 2 saturated heterocycles. The standard InChI is InChI=1S/C19H36N2O3/c1-14(2)24-17(19(3,4)5)16-11-15(12-20(16)6)13-23-18(22)21-9-7-8-10-21/h14-17H,7-13H2,1-6H3/t15-,16-,17?/m0/s1. The van der Waals surface area contributed by atoms with Gasteiger partial charge >= 0.3 is 6.09 Å². The molecule has 1 amide bonds. The number of ether oxygens (including phenoxy) is 2. The minimum absolute atomic E-state index is 0.0876. The van der Waals surface area contributed by atoms with E-state index in [1.807, 2.05) is 4.90 Å². The third-order valence-corrected chi connectivity index (χ3v) is 5.12. The van der Waals surface area contributed by atoms with E-state index in [1.54, 1.807) is 0 Å². The van der Waals surface area contributed by atoms with Crippen LogP contribution < -0.4 is 0 Å². The number of carbonyl (C=O) groups is 1. The largest absolute Gasteiger partial charge is 0.449 e. The normalized spacial score (nSPS) is 27.0. The molecule has 0 aliphatic carbocycles. The maximum Gasteiger partial charge on any atom is 0.409 e. The number of likely N-dealkylation sites (tertiary alicyclic amines) is 2. The highest BCUT2D eigenvalue weighted by molar-refractivity contribution is 5.67. The first-order valence-corrected chi connectivity index (χ1v) is 9.46. The fraction of sp³-hybridized carbons (Fsp3) is 0.947. The van der Waals surface area contributed by atoms with Crippen molar-refractivity contribution in [1.29, 1.82) is 0 Å². The van der Waals surface area contributed by atoms with Crippen LogP contribution in [0.2, 0.25) is 0 Å². The van der Waals surface area contributed by atoms with E-state index < -0.39 is 0 Å². The van der Waals surface area contributed by atoms with Crippen LogP contribution in [0.5, 0.6) is 0 Å². The molecule has 0 aromatic carbocycles. The molecule has 0 spiro atoms. The Balaban J connectivity index is 1.88. The minimum atomic E-state index is -0.135. The van der Waals surface area contributed by atoms with Crippen LogP contribution in [-0.2, 0) is 9.47 Å². The monoisotopic (exact) mass is 340 g/mol. The van der Waals surface area contributed by atoms with Crippen LogP contribution in [0, 0.1) is 11.3 Å². The third kappa shape index (κ3) is 5.09. The van der Waals surface area contributed by atoms with Crippen LogP contribution in [0.3, 0.4) is 0 Å². The first-order chi connectivity index (χ1) is 11.2. The molecule has 0 bridgehead atoms.